The molecule has 0 aliphatic carbocycles. The van der Waals surface area contributed by atoms with Crippen LogP contribution in [0.1, 0.15) is 35.7 Å². The molecule has 1 atom stereocenters. The minimum atomic E-state index is -4.13. The molecule has 1 fully saturated rings. The fourth-order valence-corrected chi connectivity index (χ4v) is 3.57. The number of carbonyl (C=O) groups is 1. The van der Waals surface area contributed by atoms with Crippen LogP contribution in [0.3, 0.4) is 0 Å². The van der Waals surface area contributed by atoms with Crippen LogP contribution in [0, 0.1) is 11.7 Å². The number of hydrogen-bond acceptors (Lipinski definition) is 4. The molecule has 0 saturated carbocycles. The van der Waals surface area contributed by atoms with Crippen LogP contribution >= 0.6 is 0 Å². The maximum atomic E-state index is 13.2. The second kappa shape index (κ2) is 10.1. The molecular formula is C22H25F4N3O2. The van der Waals surface area contributed by atoms with Gasteiger partial charge in [-0.05, 0) is 56.6 Å². The van der Waals surface area contributed by atoms with Gasteiger partial charge in [-0.15, -0.1) is 0 Å². The first-order valence-electron chi connectivity index (χ1n) is 10.1. The second-order valence-corrected chi connectivity index (χ2v) is 7.79. The molecule has 3 rings (SSSR count). The Bertz CT molecular complexity index is 866. The largest absolute Gasteiger partial charge is 0.473 e. The van der Waals surface area contributed by atoms with Gasteiger partial charge in [0.15, 0.2) is 0 Å². The van der Waals surface area contributed by atoms with E-state index in [1.807, 2.05) is 11.8 Å². The van der Waals surface area contributed by atoms with Crippen molar-refractivity contribution in [2.24, 2.45) is 5.92 Å². The number of pyridine rings is 1. The number of nitrogens with zero attached hydrogens (tertiary/aromatic N) is 2. The summed E-state index contributed by atoms with van der Waals surface area (Å²) in [6, 6.07) is 8.95. The number of hydrogen-bond donors (Lipinski definition) is 1. The van der Waals surface area contributed by atoms with Gasteiger partial charge in [0.1, 0.15) is 12.4 Å². The summed E-state index contributed by atoms with van der Waals surface area (Å²) >= 11 is 0. The maximum Gasteiger partial charge on any atom is 0.391 e. The zero-order valence-electron chi connectivity index (χ0n) is 17.2. The van der Waals surface area contributed by atoms with Crippen molar-refractivity contribution in [1.29, 1.82) is 0 Å². The average Bonchev–Trinajstić information content (AvgIpc) is 2.72. The summed E-state index contributed by atoms with van der Waals surface area (Å²) in [5, 5.41) is 2.84. The van der Waals surface area contributed by atoms with E-state index in [9.17, 15) is 22.4 Å². The van der Waals surface area contributed by atoms with E-state index in [0.717, 1.165) is 0 Å². The lowest BCUT2D eigenvalue weighted by molar-refractivity contribution is -0.185. The molecule has 1 N–H and O–H groups in total. The number of carbonyl (C=O) groups excluding carboxylic acids is 1. The van der Waals surface area contributed by atoms with Gasteiger partial charge in [0, 0.05) is 24.8 Å². The average molecular weight is 439 g/mol. The maximum absolute atomic E-state index is 13.2. The lowest BCUT2D eigenvalue weighted by Gasteiger charge is -2.34. The molecule has 9 heteroatoms. The first-order chi connectivity index (χ1) is 14.7. The van der Waals surface area contributed by atoms with Crippen molar-refractivity contribution in [3.8, 4) is 5.88 Å². The van der Waals surface area contributed by atoms with Crippen LogP contribution in [-0.4, -0.2) is 47.6 Å². The molecule has 31 heavy (non-hydrogen) atoms. The van der Waals surface area contributed by atoms with E-state index < -0.39 is 12.1 Å². The Labute approximate surface area is 178 Å². The van der Waals surface area contributed by atoms with Gasteiger partial charge in [0.05, 0.1) is 11.5 Å². The van der Waals surface area contributed by atoms with E-state index in [-0.39, 0.29) is 37.2 Å². The third-order valence-electron chi connectivity index (χ3n) is 5.23. The Kier molecular flexibility index (Phi) is 7.48. The number of piperidine rings is 1. The third-order valence-corrected chi connectivity index (χ3v) is 5.23. The summed E-state index contributed by atoms with van der Waals surface area (Å²) in [6.07, 6.45) is -2.57. The molecule has 2 aromatic rings. The molecule has 1 aliphatic heterocycles. The SMILES string of the molecule is C[C@H](CN1CCC(C(F)(F)F)CC1)NC(=O)c1ccc(OCc2cccc(F)c2)nc1. The standard InChI is InChI=1S/C22H25F4N3O2/c1-15(13-29-9-7-18(8-10-29)22(24,25)26)28-21(30)17-5-6-20(27-12-17)31-14-16-3-2-4-19(23)11-16/h2-6,11-12,15,18H,7-10,13-14H2,1H3,(H,28,30)/t15-/m1/s1. The first kappa shape index (κ1) is 23.0. The number of benzene rings is 1. The quantitative estimate of drug-likeness (QED) is 0.658. The zero-order chi connectivity index (χ0) is 22.4. The van der Waals surface area contributed by atoms with Gasteiger partial charge in [-0.2, -0.15) is 13.2 Å². The molecule has 2 heterocycles. The number of halogens is 4. The summed E-state index contributed by atoms with van der Waals surface area (Å²) in [5.74, 6) is -1.59. The van der Waals surface area contributed by atoms with Gasteiger partial charge in [0.2, 0.25) is 5.88 Å². The molecule has 1 amide bonds. The molecule has 0 radical (unpaired) electrons. The predicted molar refractivity (Wildman–Crippen MR) is 107 cm³/mol. The molecule has 0 spiro atoms. The number of alkyl halides is 3. The number of aromatic nitrogens is 1. The van der Waals surface area contributed by atoms with E-state index in [1.165, 1.54) is 18.3 Å². The summed E-state index contributed by atoms with van der Waals surface area (Å²) in [7, 11) is 0. The van der Waals surface area contributed by atoms with Crippen LogP contribution < -0.4 is 10.1 Å². The van der Waals surface area contributed by atoms with Crippen molar-refractivity contribution in [1.82, 2.24) is 15.2 Å². The predicted octanol–water partition coefficient (Wildman–Crippen LogP) is 4.19. The van der Waals surface area contributed by atoms with Crippen molar-refractivity contribution < 1.29 is 27.1 Å². The molecule has 0 unspecified atom stereocenters. The molecule has 5 nitrogen and oxygen atoms in total. The summed E-state index contributed by atoms with van der Waals surface area (Å²) in [4.78, 5) is 18.4. The summed E-state index contributed by atoms with van der Waals surface area (Å²) in [5.41, 5.74) is 1.01. The molecule has 1 aromatic heterocycles. The van der Waals surface area contributed by atoms with Crippen molar-refractivity contribution in [3.05, 3.63) is 59.5 Å². The normalized spacial score (nSPS) is 16.7. The Morgan fingerprint density at radius 1 is 1.26 bits per heavy atom. The van der Waals surface area contributed by atoms with Gasteiger partial charge in [-0.25, -0.2) is 9.37 Å². The Morgan fingerprint density at radius 2 is 2.00 bits per heavy atom. The van der Waals surface area contributed by atoms with E-state index in [0.29, 0.717) is 36.6 Å². The number of amides is 1. The molecule has 0 bridgehead atoms. The van der Waals surface area contributed by atoms with Crippen molar-refractivity contribution in [3.63, 3.8) is 0 Å². The number of rotatable bonds is 7. The second-order valence-electron chi connectivity index (χ2n) is 7.79. The summed E-state index contributed by atoms with van der Waals surface area (Å²) < 4.78 is 57.0. The van der Waals surface area contributed by atoms with Crippen molar-refractivity contribution >= 4 is 5.91 Å². The highest BCUT2D eigenvalue weighted by molar-refractivity contribution is 5.94. The topological polar surface area (TPSA) is 54.5 Å². The monoisotopic (exact) mass is 439 g/mol. The van der Waals surface area contributed by atoms with Crippen LogP contribution in [0.4, 0.5) is 17.6 Å². The van der Waals surface area contributed by atoms with Crippen LogP contribution in [0.5, 0.6) is 5.88 Å². The van der Waals surface area contributed by atoms with Gasteiger partial charge in [-0.1, -0.05) is 12.1 Å². The van der Waals surface area contributed by atoms with E-state index in [2.05, 4.69) is 10.3 Å². The zero-order valence-corrected chi connectivity index (χ0v) is 17.2. The van der Waals surface area contributed by atoms with Crippen LogP contribution in [0.15, 0.2) is 42.6 Å². The van der Waals surface area contributed by atoms with Crippen LogP contribution in [0.2, 0.25) is 0 Å². The van der Waals surface area contributed by atoms with Gasteiger partial charge in [-0.3, -0.25) is 4.79 Å². The van der Waals surface area contributed by atoms with Crippen LogP contribution in [-0.2, 0) is 6.61 Å². The fraction of sp³-hybridized carbons (Fsp3) is 0.455. The highest BCUT2D eigenvalue weighted by Gasteiger charge is 2.41. The molecule has 1 aliphatic rings. The Morgan fingerprint density at radius 3 is 2.61 bits per heavy atom. The van der Waals surface area contributed by atoms with Crippen molar-refractivity contribution in [2.45, 2.75) is 38.6 Å². The lowest BCUT2D eigenvalue weighted by Crippen LogP contribution is -2.46. The van der Waals surface area contributed by atoms with E-state index >= 15 is 0 Å². The number of likely N-dealkylation sites (tertiary alicyclic amines) is 1. The number of ether oxygens (including phenoxy) is 1. The minimum absolute atomic E-state index is 0.0885. The molecule has 1 aromatic carbocycles. The fourth-order valence-electron chi connectivity index (χ4n) is 3.57. The van der Waals surface area contributed by atoms with Gasteiger partial charge < -0.3 is 15.0 Å². The van der Waals surface area contributed by atoms with Gasteiger partial charge >= 0.3 is 6.18 Å². The van der Waals surface area contributed by atoms with Gasteiger partial charge in [0.25, 0.3) is 5.91 Å². The molecule has 1 saturated heterocycles. The Balaban J connectivity index is 1.43. The first-order valence-corrected chi connectivity index (χ1v) is 10.1. The van der Waals surface area contributed by atoms with E-state index in [4.69, 9.17) is 4.74 Å². The molecule has 168 valence electrons. The minimum Gasteiger partial charge on any atom is -0.473 e. The van der Waals surface area contributed by atoms with Crippen LogP contribution in [0.25, 0.3) is 0 Å². The number of nitrogens with one attached hydrogen (secondary N) is 1. The lowest BCUT2D eigenvalue weighted by atomic mass is 9.96. The smallest absolute Gasteiger partial charge is 0.391 e. The summed E-state index contributed by atoms with van der Waals surface area (Å²) in [6.45, 7) is 3.18. The highest BCUT2D eigenvalue weighted by atomic mass is 19.4. The van der Waals surface area contributed by atoms with Crippen molar-refractivity contribution in [2.75, 3.05) is 19.6 Å². The Hall–Kier alpha value is -2.68. The highest BCUT2D eigenvalue weighted by Crippen LogP contribution is 2.34. The molecular weight excluding hydrogens is 414 g/mol. The third kappa shape index (κ3) is 6.92. The van der Waals surface area contributed by atoms with E-state index in [1.54, 1.807) is 24.3 Å².